The van der Waals surface area contributed by atoms with E-state index in [0.29, 0.717) is 12.1 Å². The van der Waals surface area contributed by atoms with Gasteiger partial charge in [0.25, 0.3) is 0 Å². The number of carbonyl (C=O) groups excluding carboxylic acids is 1. The molecule has 23 heavy (non-hydrogen) atoms. The molecule has 0 aliphatic heterocycles. The monoisotopic (exact) mass is 315 g/mol. The lowest BCUT2D eigenvalue weighted by molar-refractivity contribution is -0.121. The van der Waals surface area contributed by atoms with Crippen molar-refractivity contribution in [2.24, 2.45) is 11.7 Å². The van der Waals surface area contributed by atoms with Crippen LogP contribution in [0.1, 0.15) is 11.1 Å². The van der Waals surface area contributed by atoms with Gasteiger partial charge >= 0.3 is 0 Å². The van der Waals surface area contributed by atoms with Crippen LogP contribution in [-0.4, -0.2) is 12.5 Å². The first-order valence-corrected chi connectivity index (χ1v) is 6.97. The second kappa shape index (κ2) is 7.36. The van der Waals surface area contributed by atoms with Crippen LogP contribution in [0.15, 0.2) is 42.5 Å². The fourth-order valence-corrected chi connectivity index (χ4v) is 2.20. The molecule has 4 nitrogen and oxygen atoms in total. The van der Waals surface area contributed by atoms with Crippen LogP contribution in [0.2, 0.25) is 0 Å². The van der Waals surface area contributed by atoms with E-state index >= 15 is 0 Å². The van der Waals surface area contributed by atoms with Crippen molar-refractivity contribution in [1.82, 2.24) is 0 Å². The van der Waals surface area contributed by atoms with Crippen LogP contribution in [-0.2, 0) is 11.2 Å². The molecule has 1 amide bonds. The molecule has 2 rings (SSSR count). The minimum absolute atomic E-state index is 0.113. The minimum Gasteiger partial charge on any atom is -0.383 e. The number of amides is 1. The van der Waals surface area contributed by atoms with Crippen molar-refractivity contribution in [2.75, 3.05) is 11.9 Å². The maximum atomic E-state index is 13.5. The van der Waals surface area contributed by atoms with Crippen molar-refractivity contribution < 1.29 is 13.6 Å². The lowest BCUT2D eigenvalue weighted by Gasteiger charge is -2.16. The van der Waals surface area contributed by atoms with Crippen LogP contribution in [0.4, 0.5) is 14.5 Å². The number of benzene rings is 2. The lowest BCUT2D eigenvalue weighted by Crippen LogP contribution is -2.31. The van der Waals surface area contributed by atoms with E-state index in [4.69, 9.17) is 11.0 Å². The van der Waals surface area contributed by atoms with Crippen LogP contribution in [0, 0.1) is 28.9 Å². The van der Waals surface area contributed by atoms with Crippen LogP contribution < -0.4 is 11.1 Å². The Balaban J connectivity index is 2.09. The molecule has 0 fully saturated rings. The summed E-state index contributed by atoms with van der Waals surface area (Å²) < 4.78 is 26.4. The second-order valence-electron chi connectivity index (χ2n) is 5.08. The summed E-state index contributed by atoms with van der Waals surface area (Å²) in [5.74, 6) is -2.10. The van der Waals surface area contributed by atoms with E-state index in [1.54, 1.807) is 24.3 Å². The van der Waals surface area contributed by atoms with Crippen molar-refractivity contribution >= 4 is 11.6 Å². The Morgan fingerprint density at radius 3 is 2.52 bits per heavy atom. The van der Waals surface area contributed by atoms with Crippen molar-refractivity contribution in [2.45, 2.75) is 6.42 Å². The molecule has 0 saturated heterocycles. The summed E-state index contributed by atoms with van der Waals surface area (Å²) in [6, 6.07) is 11.8. The van der Waals surface area contributed by atoms with Crippen molar-refractivity contribution in [3.05, 3.63) is 65.2 Å². The van der Waals surface area contributed by atoms with Gasteiger partial charge in [0.1, 0.15) is 23.3 Å². The summed E-state index contributed by atoms with van der Waals surface area (Å²) >= 11 is 0. The third-order valence-corrected chi connectivity index (χ3v) is 3.46. The molecule has 118 valence electrons. The molecule has 0 aromatic heterocycles. The normalized spacial score (nSPS) is 11.5. The number of nitriles is 1. The van der Waals surface area contributed by atoms with E-state index in [-0.39, 0.29) is 17.9 Å². The molecule has 2 aromatic carbocycles. The second-order valence-corrected chi connectivity index (χ2v) is 5.08. The molecule has 2 aromatic rings. The van der Waals surface area contributed by atoms with Crippen LogP contribution in [0.5, 0.6) is 0 Å². The lowest BCUT2D eigenvalue weighted by atomic mass is 9.98. The maximum Gasteiger partial charge on any atom is 0.222 e. The Kier molecular flexibility index (Phi) is 5.26. The van der Waals surface area contributed by atoms with E-state index in [9.17, 15) is 13.6 Å². The number of primary amides is 1. The van der Waals surface area contributed by atoms with Crippen molar-refractivity contribution in [3.8, 4) is 6.07 Å². The standard InChI is InChI=1S/C17H15F2N3O/c18-13-6-4-11(5-7-13)8-12(17(21)23)10-22-16-3-1-2-15(19)14(16)9-20/h1-7,12,22H,8,10H2,(H2,21,23). The first-order chi connectivity index (χ1) is 11.0. The molecular formula is C17H15F2N3O. The summed E-state index contributed by atoms with van der Waals surface area (Å²) in [5, 5.41) is 11.9. The SMILES string of the molecule is N#Cc1c(F)cccc1NCC(Cc1ccc(F)cc1)C(N)=O. The van der Waals surface area contributed by atoms with Gasteiger partial charge in [-0.2, -0.15) is 5.26 Å². The third kappa shape index (κ3) is 4.27. The molecule has 6 heteroatoms. The number of anilines is 1. The zero-order valence-corrected chi connectivity index (χ0v) is 12.2. The Hall–Kier alpha value is -2.94. The summed E-state index contributed by atoms with van der Waals surface area (Å²) in [4.78, 5) is 11.6. The smallest absolute Gasteiger partial charge is 0.222 e. The van der Waals surface area contributed by atoms with E-state index in [0.717, 1.165) is 5.56 Å². The molecular weight excluding hydrogens is 300 g/mol. The quantitative estimate of drug-likeness (QED) is 0.860. The van der Waals surface area contributed by atoms with Gasteiger partial charge in [0.15, 0.2) is 0 Å². The summed E-state index contributed by atoms with van der Waals surface area (Å²) in [7, 11) is 0. The molecule has 3 N–H and O–H groups in total. The third-order valence-electron chi connectivity index (χ3n) is 3.46. The molecule has 0 bridgehead atoms. The van der Waals surface area contributed by atoms with Crippen molar-refractivity contribution in [1.29, 1.82) is 5.26 Å². The molecule has 0 saturated carbocycles. The first kappa shape index (κ1) is 16.4. The van der Waals surface area contributed by atoms with Gasteiger partial charge in [0.2, 0.25) is 5.91 Å². The number of carbonyl (C=O) groups is 1. The summed E-state index contributed by atoms with van der Waals surface area (Å²) in [5.41, 5.74) is 6.34. The minimum atomic E-state index is -0.633. The number of hydrogen-bond donors (Lipinski definition) is 2. The van der Waals surface area contributed by atoms with E-state index in [1.807, 2.05) is 0 Å². The number of halogens is 2. The van der Waals surface area contributed by atoms with Gasteiger partial charge in [-0.25, -0.2) is 8.78 Å². The molecule has 0 heterocycles. The van der Waals surface area contributed by atoms with Gasteiger partial charge in [-0.15, -0.1) is 0 Å². The molecule has 0 aliphatic carbocycles. The number of nitrogens with two attached hydrogens (primary N) is 1. The van der Waals surface area contributed by atoms with Crippen LogP contribution >= 0.6 is 0 Å². The number of hydrogen-bond acceptors (Lipinski definition) is 3. The van der Waals surface area contributed by atoms with Gasteiger partial charge in [0, 0.05) is 6.54 Å². The highest BCUT2D eigenvalue weighted by atomic mass is 19.1. The molecule has 0 aliphatic rings. The van der Waals surface area contributed by atoms with Crippen LogP contribution in [0.3, 0.4) is 0 Å². The number of nitrogens with zero attached hydrogens (tertiary/aromatic N) is 1. The highest BCUT2D eigenvalue weighted by molar-refractivity contribution is 5.77. The van der Waals surface area contributed by atoms with E-state index in [1.165, 1.54) is 24.3 Å². The fourth-order valence-electron chi connectivity index (χ4n) is 2.20. The Bertz CT molecular complexity index is 738. The predicted molar refractivity (Wildman–Crippen MR) is 82.4 cm³/mol. The fraction of sp³-hybridized carbons (Fsp3) is 0.176. The average Bonchev–Trinajstić information content (AvgIpc) is 2.53. The highest BCUT2D eigenvalue weighted by Crippen LogP contribution is 2.19. The Morgan fingerprint density at radius 1 is 1.22 bits per heavy atom. The average molecular weight is 315 g/mol. The first-order valence-electron chi connectivity index (χ1n) is 6.97. The molecule has 0 spiro atoms. The zero-order valence-electron chi connectivity index (χ0n) is 12.2. The van der Waals surface area contributed by atoms with Gasteiger partial charge in [-0.3, -0.25) is 4.79 Å². The highest BCUT2D eigenvalue weighted by Gasteiger charge is 2.17. The topological polar surface area (TPSA) is 78.9 Å². The molecule has 1 atom stereocenters. The van der Waals surface area contributed by atoms with Crippen molar-refractivity contribution in [3.63, 3.8) is 0 Å². The van der Waals surface area contributed by atoms with Gasteiger partial charge in [-0.05, 0) is 36.2 Å². The van der Waals surface area contributed by atoms with Gasteiger partial charge < -0.3 is 11.1 Å². The summed E-state index contributed by atoms with van der Waals surface area (Å²) in [6.07, 6.45) is 0.319. The van der Waals surface area contributed by atoms with Crippen LogP contribution in [0.25, 0.3) is 0 Å². The van der Waals surface area contributed by atoms with Gasteiger partial charge in [0.05, 0.1) is 11.6 Å². The molecule has 1 unspecified atom stereocenters. The maximum absolute atomic E-state index is 13.5. The largest absolute Gasteiger partial charge is 0.383 e. The Labute approximate surface area is 132 Å². The zero-order chi connectivity index (χ0) is 16.8. The van der Waals surface area contributed by atoms with E-state index in [2.05, 4.69) is 5.32 Å². The summed E-state index contributed by atoms with van der Waals surface area (Å²) in [6.45, 7) is 0.144. The van der Waals surface area contributed by atoms with E-state index < -0.39 is 17.6 Å². The van der Waals surface area contributed by atoms with Gasteiger partial charge in [-0.1, -0.05) is 18.2 Å². The molecule has 0 radical (unpaired) electrons. The predicted octanol–water partition coefficient (Wildman–Crippen LogP) is 2.59. The number of nitrogens with one attached hydrogen (secondary N) is 1. The Morgan fingerprint density at radius 2 is 1.91 bits per heavy atom. The number of rotatable bonds is 6.